The maximum Gasteiger partial charge on any atom is 0.327 e. The first-order valence-electron chi connectivity index (χ1n) is 6.40. The number of aliphatic carboxylic acids is 1. The summed E-state index contributed by atoms with van der Waals surface area (Å²) in [5, 5.41) is 16.2. The Kier molecular flexibility index (Phi) is 8.59. The number of carbonyl (C=O) groups excluding carboxylic acids is 2. The van der Waals surface area contributed by atoms with Crippen molar-refractivity contribution in [3.63, 3.8) is 0 Å². The second-order valence-corrected chi connectivity index (χ2v) is 4.33. The molecule has 0 fully saturated rings. The number of carbonyl (C=O) groups is 3. The lowest BCUT2D eigenvalue weighted by atomic mass is 10.2. The molecule has 0 heterocycles. The summed E-state index contributed by atoms with van der Waals surface area (Å²) in [6, 6.07) is -1.71. The minimum atomic E-state index is -1.20. The SMILES string of the molecule is C#CCC(NC(=O)NCCC(=O)NC(C)CC)C(=O)O. The van der Waals surface area contributed by atoms with E-state index in [9.17, 15) is 14.4 Å². The molecule has 0 saturated carbocycles. The third-order valence-corrected chi connectivity index (χ3v) is 2.58. The summed E-state index contributed by atoms with van der Waals surface area (Å²) in [5.41, 5.74) is 0. The number of urea groups is 1. The minimum absolute atomic E-state index is 0.0864. The topological polar surface area (TPSA) is 108 Å². The fourth-order valence-corrected chi connectivity index (χ4v) is 1.27. The van der Waals surface area contributed by atoms with Crippen molar-refractivity contribution < 1.29 is 19.5 Å². The maximum atomic E-state index is 11.4. The second kappa shape index (κ2) is 9.67. The molecule has 0 aliphatic carbocycles. The van der Waals surface area contributed by atoms with E-state index in [-0.39, 0.29) is 31.3 Å². The zero-order valence-corrected chi connectivity index (χ0v) is 11.7. The Morgan fingerprint density at radius 3 is 2.45 bits per heavy atom. The second-order valence-electron chi connectivity index (χ2n) is 4.33. The molecule has 20 heavy (non-hydrogen) atoms. The summed E-state index contributed by atoms with van der Waals surface area (Å²) in [6.07, 6.45) is 5.86. The largest absolute Gasteiger partial charge is 0.480 e. The molecule has 0 rings (SSSR count). The van der Waals surface area contributed by atoms with Crippen LogP contribution in [0.5, 0.6) is 0 Å². The number of carboxylic acids is 1. The van der Waals surface area contributed by atoms with Crippen LogP contribution in [0.25, 0.3) is 0 Å². The van der Waals surface area contributed by atoms with Gasteiger partial charge in [0.05, 0.1) is 0 Å². The Morgan fingerprint density at radius 2 is 1.95 bits per heavy atom. The molecule has 7 heteroatoms. The highest BCUT2D eigenvalue weighted by Gasteiger charge is 2.18. The maximum absolute atomic E-state index is 11.4. The Hall–Kier alpha value is -2.23. The molecule has 3 amide bonds. The molecular weight excluding hydrogens is 262 g/mol. The molecule has 2 atom stereocenters. The zero-order chi connectivity index (χ0) is 15.5. The van der Waals surface area contributed by atoms with Crippen LogP contribution in [0.15, 0.2) is 0 Å². The van der Waals surface area contributed by atoms with Crippen LogP contribution >= 0.6 is 0 Å². The van der Waals surface area contributed by atoms with Gasteiger partial charge < -0.3 is 21.1 Å². The zero-order valence-electron chi connectivity index (χ0n) is 11.7. The van der Waals surface area contributed by atoms with Crippen LogP contribution in [0.1, 0.15) is 33.1 Å². The Bertz CT molecular complexity index is 390. The summed E-state index contributed by atoms with van der Waals surface area (Å²) < 4.78 is 0. The number of rotatable bonds is 8. The van der Waals surface area contributed by atoms with Gasteiger partial charge in [0.2, 0.25) is 5.91 Å². The predicted molar refractivity (Wildman–Crippen MR) is 73.9 cm³/mol. The lowest BCUT2D eigenvalue weighted by Gasteiger charge is -2.14. The number of amides is 3. The van der Waals surface area contributed by atoms with Crippen molar-refractivity contribution in [2.75, 3.05) is 6.54 Å². The minimum Gasteiger partial charge on any atom is -0.480 e. The summed E-state index contributed by atoms with van der Waals surface area (Å²) >= 11 is 0. The highest BCUT2D eigenvalue weighted by atomic mass is 16.4. The van der Waals surface area contributed by atoms with Crippen LogP contribution in [0.2, 0.25) is 0 Å². The fraction of sp³-hybridized carbons (Fsp3) is 0.615. The van der Waals surface area contributed by atoms with E-state index in [4.69, 9.17) is 11.5 Å². The van der Waals surface area contributed by atoms with E-state index in [1.54, 1.807) is 0 Å². The van der Waals surface area contributed by atoms with Gasteiger partial charge in [-0.2, -0.15) is 0 Å². The van der Waals surface area contributed by atoms with Gasteiger partial charge in [0.1, 0.15) is 6.04 Å². The van der Waals surface area contributed by atoms with Gasteiger partial charge in [-0.25, -0.2) is 9.59 Å². The highest BCUT2D eigenvalue weighted by molar-refractivity contribution is 5.83. The number of carboxylic acid groups (broad SMARTS) is 1. The van der Waals surface area contributed by atoms with E-state index in [0.717, 1.165) is 6.42 Å². The lowest BCUT2D eigenvalue weighted by molar-refractivity contribution is -0.139. The van der Waals surface area contributed by atoms with Crippen molar-refractivity contribution >= 4 is 17.9 Å². The van der Waals surface area contributed by atoms with E-state index >= 15 is 0 Å². The van der Waals surface area contributed by atoms with E-state index < -0.39 is 18.0 Å². The quantitative estimate of drug-likeness (QED) is 0.473. The normalized spacial score (nSPS) is 12.7. The summed E-state index contributed by atoms with van der Waals surface area (Å²) in [6.45, 7) is 3.96. The highest BCUT2D eigenvalue weighted by Crippen LogP contribution is 1.91. The van der Waals surface area contributed by atoms with Crippen molar-refractivity contribution in [3.8, 4) is 12.3 Å². The summed E-state index contributed by atoms with van der Waals surface area (Å²) in [4.78, 5) is 33.6. The van der Waals surface area contributed by atoms with Gasteiger partial charge >= 0.3 is 12.0 Å². The monoisotopic (exact) mass is 283 g/mol. The van der Waals surface area contributed by atoms with Crippen LogP contribution in [0.4, 0.5) is 4.79 Å². The van der Waals surface area contributed by atoms with Crippen molar-refractivity contribution in [3.05, 3.63) is 0 Å². The van der Waals surface area contributed by atoms with Crippen LogP contribution in [-0.2, 0) is 9.59 Å². The molecule has 2 unspecified atom stereocenters. The van der Waals surface area contributed by atoms with Gasteiger partial charge in [-0.3, -0.25) is 4.79 Å². The van der Waals surface area contributed by atoms with Crippen molar-refractivity contribution in [1.29, 1.82) is 0 Å². The third-order valence-electron chi connectivity index (χ3n) is 2.58. The lowest BCUT2D eigenvalue weighted by Crippen LogP contribution is -2.46. The number of hydrogen-bond acceptors (Lipinski definition) is 3. The number of nitrogens with one attached hydrogen (secondary N) is 3. The molecule has 0 aromatic rings. The Labute approximate surface area is 118 Å². The average molecular weight is 283 g/mol. The van der Waals surface area contributed by atoms with Gasteiger partial charge in [0, 0.05) is 25.4 Å². The fourth-order valence-electron chi connectivity index (χ4n) is 1.27. The molecule has 0 bridgehead atoms. The molecule has 0 saturated heterocycles. The first-order valence-corrected chi connectivity index (χ1v) is 6.40. The van der Waals surface area contributed by atoms with Crippen LogP contribution < -0.4 is 16.0 Å². The molecule has 0 spiro atoms. The van der Waals surface area contributed by atoms with Crippen molar-refractivity contribution in [2.45, 2.75) is 45.2 Å². The molecule has 0 aliphatic rings. The van der Waals surface area contributed by atoms with Gasteiger partial charge in [0.25, 0.3) is 0 Å². The van der Waals surface area contributed by atoms with Gasteiger partial charge in [0.15, 0.2) is 0 Å². The summed E-state index contributed by atoms with van der Waals surface area (Å²) in [7, 11) is 0. The Balaban J connectivity index is 3.96. The average Bonchev–Trinajstić information content (AvgIpc) is 2.37. The Morgan fingerprint density at radius 1 is 1.30 bits per heavy atom. The smallest absolute Gasteiger partial charge is 0.327 e. The molecule has 0 radical (unpaired) electrons. The molecule has 0 aromatic carbocycles. The van der Waals surface area contributed by atoms with Crippen LogP contribution in [0, 0.1) is 12.3 Å². The number of hydrogen-bond donors (Lipinski definition) is 4. The molecule has 112 valence electrons. The van der Waals surface area contributed by atoms with Gasteiger partial charge in [-0.15, -0.1) is 12.3 Å². The number of terminal acetylenes is 1. The molecule has 7 nitrogen and oxygen atoms in total. The predicted octanol–water partition coefficient (Wildman–Crippen LogP) is 0.0669. The molecular formula is C13H21N3O4. The molecule has 0 aliphatic heterocycles. The molecule has 4 N–H and O–H groups in total. The van der Waals surface area contributed by atoms with Crippen molar-refractivity contribution in [1.82, 2.24) is 16.0 Å². The first kappa shape index (κ1) is 17.8. The molecule has 0 aromatic heterocycles. The van der Waals surface area contributed by atoms with E-state index in [1.165, 1.54) is 0 Å². The van der Waals surface area contributed by atoms with E-state index in [0.29, 0.717) is 0 Å². The van der Waals surface area contributed by atoms with Gasteiger partial charge in [-0.1, -0.05) is 6.92 Å². The van der Waals surface area contributed by atoms with E-state index in [2.05, 4.69) is 21.9 Å². The first-order chi connectivity index (χ1) is 9.40. The van der Waals surface area contributed by atoms with E-state index in [1.807, 2.05) is 13.8 Å². The van der Waals surface area contributed by atoms with Gasteiger partial charge in [-0.05, 0) is 13.3 Å². The summed E-state index contributed by atoms with van der Waals surface area (Å²) in [5.74, 6) is 0.800. The standard InChI is InChI=1S/C13H21N3O4/c1-4-6-10(12(18)19)16-13(20)14-8-7-11(17)15-9(3)5-2/h1,9-10H,5-8H2,2-3H3,(H,15,17)(H,18,19)(H2,14,16,20). The van der Waals surface area contributed by atoms with Crippen LogP contribution in [0.3, 0.4) is 0 Å². The van der Waals surface area contributed by atoms with Crippen molar-refractivity contribution in [2.24, 2.45) is 0 Å². The third kappa shape index (κ3) is 7.97. The van der Waals surface area contributed by atoms with Crippen LogP contribution in [-0.4, -0.2) is 41.6 Å².